The second-order valence-corrected chi connectivity index (χ2v) is 8.34. The fourth-order valence-corrected chi connectivity index (χ4v) is 4.21. The van der Waals surface area contributed by atoms with Crippen LogP contribution in [0.15, 0.2) is 71.8 Å². The van der Waals surface area contributed by atoms with Gasteiger partial charge in [-0.1, -0.05) is 37.3 Å². The molecule has 1 atom stereocenters. The Balaban J connectivity index is 1.85. The van der Waals surface area contributed by atoms with Crippen molar-refractivity contribution in [3.63, 3.8) is 0 Å². The zero-order valence-electron chi connectivity index (χ0n) is 20.7. The van der Waals surface area contributed by atoms with Crippen LogP contribution in [0.25, 0.3) is 11.0 Å². The number of hydrogen-bond donors (Lipinski definition) is 1. The highest BCUT2D eigenvalue weighted by molar-refractivity contribution is 5.94. The fraction of sp³-hybridized carbons (Fsp3) is 0.296. The second-order valence-electron chi connectivity index (χ2n) is 8.34. The third kappa shape index (κ3) is 5.26. The van der Waals surface area contributed by atoms with Gasteiger partial charge in [0.25, 0.3) is 11.5 Å². The van der Waals surface area contributed by atoms with Crippen LogP contribution in [-0.2, 0) is 6.54 Å². The zero-order valence-corrected chi connectivity index (χ0v) is 20.7. The lowest BCUT2D eigenvalue weighted by Crippen LogP contribution is -2.42. The topological polar surface area (TPSA) is 102 Å². The minimum atomic E-state index is -0.462. The quantitative estimate of drug-likeness (QED) is 0.368. The van der Waals surface area contributed by atoms with E-state index in [-0.39, 0.29) is 11.5 Å². The van der Waals surface area contributed by atoms with Gasteiger partial charge in [0.15, 0.2) is 5.65 Å². The number of methoxy groups -OCH3 is 1. The van der Waals surface area contributed by atoms with Gasteiger partial charge in [-0.15, -0.1) is 0 Å². The van der Waals surface area contributed by atoms with Crippen LogP contribution in [0.2, 0.25) is 0 Å². The molecule has 4 aromatic rings. The number of aromatic nitrogens is 4. The number of nitrogens with one attached hydrogen (secondary N) is 1. The summed E-state index contributed by atoms with van der Waals surface area (Å²) in [6.07, 6.45) is 3.68. The van der Waals surface area contributed by atoms with Crippen molar-refractivity contribution >= 4 is 16.9 Å². The maximum Gasteiger partial charge on any atom is 0.263 e. The van der Waals surface area contributed by atoms with Gasteiger partial charge in [-0.25, -0.2) is 15.0 Å². The highest BCUT2D eigenvalue weighted by Gasteiger charge is 2.29. The van der Waals surface area contributed by atoms with Crippen molar-refractivity contribution in [1.29, 1.82) is 0 Å². The first-order valence-electron chi connectivity index (χ1n) is 11.9. The average molecular weight is 487 g/mol. The molecule has 0 saturated carbocycles. The molecule has 0 aliphatic carbocycles. The van der Waals surface area contributed by atoms with Gasteiger partial charge >= 0.3 is 0 Å². The van der Waals surface area contributed by atoms with E-state index < -0.39 is 6.04 Å². The molecule has 1 unspecified atom stereocenters. The average Bonchev–Trinajstić information content (AvgIpc) is 2.93. The van der Waals surface area contributed by atoms with E-state index >= 15 is 0 Å². The lowest BCUT2D eigenvalue weighted by Gasteiger charge is -2.32. The van der Waals surface area contributed by atoms with Crippen LogP contribution in [0.3, 0.4) is 0 Å². The number of ether oxygens (including phenoxy) is 1. The maximum absolute atomic E-state index is 13.7. The monoisotopic (exact) mass is 486 g/mol. The van der Waals surface area contributed by atoms with Gasteiger partial charge in [0.05, 0.1) is 30.6 Å². The first kappa shape index (κ1) is 25.0. The minimum Gasteiger partial charge on any atom is -0.481 e. The Morgan fingerprint density at radius 2 is 1.92 bits per heavy atom. The van der Waals surface area contributed by atoms with Gasteiger partial charge < -0.3 is 15.0 Å². The summed E-state index contributed by atoms with van der Waals surface area (Å²) >= 11 is 0. The van der Waals surface area contributed by atoms with E-state index in [1.165, 1.54) is 13.3 Å². The van der Waals surface area contributed by atoms with Crippen LogP contribution in [0.5, 0.6) is 5.88 Å². The molecule has 4 rings (SSSR count). The molecule has 36 heavy (non-hydrogen) atoms. The molecular formula is C27H30N6O3. The van der Waals surface area contributed by atoms with Crippen molar-refractivity contribution in [2.75, 3.05) is 27.2 Å². The molecule has 1 aromatic carbocycles. The fourth-order valence-electron chi connectivity index (χ4n) is 4.21. The van der Waals surface area contributed by atoms with Crippen LogP contribution in [0, 0.1) is 0 Å². The highest BCUT2D eigenvalue weighted by atomic mass is 16.5. The lowest BCUT2D eigenvalue weighted by atomic mass is 10.1. The van der Waals surface area contributed by atoms with E-state index in [0.717, 1.165) is 5.56 Å². The van der Waals surface area contributed by atoms with E-state index in [2.05, 4.69) is 15.3 Å². The first-order valence-corrected chi connectivity index (χ1v) is 11.9. The van der Waals surface area contributed by atoms with Crippen LogP contribution < -0.4 is 15.6 Å². The molecule has 0 fully saturated rings. The van der Waals surface area contributed by atoms with Crippen LogP contribution in [0.1, 0.15) is 41.1 Å². The summed E-state index contributed by atoms with van der Waals surface area (Å²) in [5.74, 6) is 0.733. The molecule has 186 valence electrons. The van der Waals surface area contributed by atoms with Crippen molar-refractivity contribution in [2.24, 2.45) is 0 Å². The lowest BCUT2D eigenvalue weighted by molar-refractivity contribution is 0.0659. The van der Waals surface area contributed by atoms with Gasteiger partial charge in [0.2, 0.25) is 5.88 Å². The summed E-state index contributed by atoms with van der Waals surface area (Å²) in [6.45, 7) is 3.31. The van der Waals surface area contributed by atoms with E-state index in [1.807, 2.05) is 44.3 Å². The number of likely N-dealkylation sites (N-methyl/N-ethyl adjacent to an activating group) is 1. The molecule has 0 aliphatic rings. The summed E-state index contributed by atoms with van der Waals surface area (Å²) < 4.78 is 6.80. The maximum atomic E-state index is 13.7. The van der Waals surface area contributed by atoms with Gasteiger partial charge in [-0.05, 0) is 37.2 Å². The van der Waals surface area contributed by atoms with Crippen molar-refractivity contribution in [3.8, 4) is 5.88 Å². The molecule has 3 aromatic heterocycles. The highest BCUT2D eigenvalue weighted by Crippen LogP contribution is 2.26. The standard InChI is InChI=1S/C27H30N6O3/c1-4-22(32(16-15-28-2)26(34)20-12-13-23(36-3)30-17-20)25-31-24-21(11-8-14-29-24)27(35)33(25)18-19-9-6-5-7-10-19/h5-14,17,22,28H,4,15-16,18H2,1-3H3. The second kappa shape index (κ2) is 11.5. The Bertz CT molecular complexity index is 1370. The predicted molar refractivity (Wildman–Crippen MR) is 138 cm³/mol. The summed E-state index contributed by atoms with van der Waals surface area (Å²) in [5, 5.41) is 3.56. The van der Waals surface area contributed by atoms with Crippen LogP contribution in [-0.4, -0.2) is 57.6 Å². The smallest absolute Gasteiger partial charge is 0.263 e. The Morgan fingerprint density at radius 1 is 1.11 bits per heavy atom. The number of nitrogens with zero attached hydrogens (tertiary/aromatic N) is 5. The van der Waals surface area contributed by atoms with E-state index in [9.17, 15) is 9.59 Å². The molecule has 0 radical (unpaired) electrons. The third-order valence-corrected chi connectivity index (χ3v) is 6.06. The molecular weight excluding hydrogens is 456 g/mol. The Hall–Kier alpha value is -4.11. The summed E-state index contributed by atoms with van der Waals surface area (Å²) in [7, 11) is 3.36. The first-order chi connectivity index (χ1) is 17.6. The van der Waals surface area contributed by atoms with Crippen LogP contribution >= 0.6 is 0 Å². The van der Waals surface area contributed by atoms with Gasteiger partial charge in [-0.3, -0.25) is 14.2 Å². The molecule has 3 heterocycles. The molecule has 9 nitrogen and oxygen atoms in total. The molecule has 1 amide bonds. The molecule has 9 heteroatoms. The number of benzene rings is 1. The van der Waals surface area contributed by atoms with E-state index in [0.29, 0.717) is 54.4 Å². The van der Waals surface area contributed by atoms with Gasteiger partial charge in [0, 0.05) is 31.5 Å². The number of hydrogen-bond acceptors (Lipinski definition) is 7. The Morgan fingerprint density at radius 3 is 2.58 bits per heavy atom. The largest absolute Gasteiger partial charge is 0.481 e. The Kier molecular flexibility index (Phi) is 8.02. The molecule has 0 saturated heterocycles. The van der Waals surface area contributed by atoms with Crippen molar-refractivity contribution < 1.29 is 9.53 Å². The van der Waals surface area contributed by atoms with E-state index in [4.69, 9.17) is 9.72 Å². The summed E-state index contributed by atoms with van der Waals surface area (Å²) in [6, 6.07) is 16.1. The third-order valence-electron chi connectivity index (χ3n) is 6.06. The molecule has 0 aliphatic heterocycles. The van der Waals surface area contributed by atoms with Crippen LogP contribution in [0.4, 0.5) is 0 Å². The van der Waals surface area contributed by atoms with E-state index in [1.54, 1.807) is 39.9 Å². The number of carbonyl (C=O) groups is 1. The van der Waals surface area contributed by atoms with Crippen molar-refractivity contribution in [1.82, 2.24) is 29.7 Å². The Labute approximate surface area is 209 Å². The molecule has 0 bridgehead atoms. The number of pyridine rings is 2. The number of fused-ring (bicyclic) bond motifs is 1. The molecule has 0 spiro atoms. The van der Waals surface area contributed by atoms with Crippen molar-refractivity contribution in [2.45, 2.75) is 25.9 Å². The van der Waals surface area contributed by atoms with Gasteiger partial charge in [-0.2, -0.15) is 0 Å². The summed E-state index contributed by atoms with van der Waals surface area (Å²) in [4.78, 5) is 42.5. The zero-order chi connectivity index (χ0) is 25.5. The number of carbonyl (C=O) groups excluding carboxylic acids is 1. The van der Waals surface area contributed by atoms with Gasteiger partial charge in [0.1, 0.15) is 5.82 Å². The normalized spacial score (nSPS) is 11.9. The minimum absolute atomic E-state index is 0.183. The molecule has 1 N–H and O–H groups in total. The predicted octanol–water partition coefficient (Wildman–Crippen LogP) is 3.06. The number of amides is 1. The summed E-state index contributed by atoms with van der Waals surface area (Å²) in [5.41, 5.74) is 1.58. The number of rotatable bonds is 10. The van der Waals surface area contributed by atoms with Crippen molar-refractivity contribution in [3.05, 3.63) is 94.3 Å². The SMILES string of the molecule is CCC(c1nc2ncccc2c(=O)n1Cc1ccccc1)N(CCNC)C(=O)c1ccc(OC)nc1.